The van der Waals surface area contributed by atoms with Crippen LogP contribution in [0.1, 0.15) is 17.3 Å². The van der Waals surface area contributed by atoms with Crippen molar-refractivity contribution in [1.29, 1.82) is 0 Å². The van der Waals surface area contributed by atoms with Crippen molar-refractivity contribution in [3.63, 3.8) is 0 Å². The lowest BCUT2D eigenvalue weighted by Gasteiger charge is -2.25. The van der Waals surface area contributed by atoms with Crippen LogP contribution < -0.4 is 20.1 Å². The molecule has 2 aromatic rings. The van der Waals surface area contributed by atoms with Crippen molar-refractivity contribution >= 4 is 11.8 Å². The number of carbonyl (C=O) groups is 2. The summed E-state index contributed by atoms with van der Waals surface area (Å²) in [7, 11) is 5.82. The maximum absolute atomic E-state index is 12.1. The Morgan fingerprint density at radius 3 is 2.59 bits per heavy atom. The minimum atomic E-state index is -0.669. The largest absolute Gasteiger partial charge is 0.454 e. The Morgan fingerprint density at radius 1 is 1.15 bits per heavy atom. The SMILES string of the molecule is CN(C)[C@@H](CNC(=O)C(=O)NCc1ccc2c(c1)OCO2)c1cccn1C. The van der Waals surface area contributed by atoms with E-state index < -0.39 is 11.8 Å². The summed E-state index contributed by atoms with van der Waals surface area (Å²) in [4.78, 5) is 26.2. The molecule has 27 heavy (non-hydrogen) atoms. The molecule has 2 N–H and O–H groups in total. The molecule has 0 bridgehead atoms. The number of hydrogen-bond acceptors (Lipinski definition) is 5. The summed E-state index contributed by atoms with van der Waals surface area (Å²) in [6.45, 7) is 0.765. The summed E-state index contributed by atoms with van der Waals surface area (Å²) in [6.07, 6.45) is 1.95. The van der Waals surface area contributed by atoms with E-state index in [1.807, 2.05) is 55.0 Å². The fourth-order valence-corrected chi connectivity index (χ4v) is 2.96. The first-order chi connectivity index (χ1) is 13.0. The molecule has 0 aliphatic carbocycles. The van der Waals surface area contributed by atoms with E-state index in [-0.39, 0.29) is 19.4 Å². The van der Waals surface area contributed by atoms with Crippen molar-refractivity contribution in [3.05, 3.63) is 47.8 Å². The van der Waals surface area contributed by atoms with E-state index in [1.54, 1.807) is 12.1 Å². The second-order valence-corrected chi connectivity index (χ2v) is 6.60. The van der Waals surface area contributed by atoms with Crippen LogP contribution in [0.2, 0.25) is 0 Å². The molecule has 0 saturated heterocycles. The molecule has 1 atom stereocenters. The van der Waals surface area contributed by atoms with Crippen LogP contribution in [0.15, 0.2) is 36.5 Å². The van der Waals surface area contributed by atoms with Crippen LogP contribution in [0.4, 0.5) is 0 Å². The van der Waals surface area contributed by atoms with E-state index in [0.29, 0.717) is 18.0 Å². The first-order valence-corrected chi connectivity index (χ1v) is 8.68. The third-order valence-corrected chi connectivity index (χ3v) is 4.50. The maximum atomic E-state index is 12.1. The quantitative estimate of drug-likeness (QED) is 0.733. The average molecular weight is 372 g/mol. The number of carbonyl (C=O) groups excluding carboxylic acids is 2. The van der Waals surface area contributed by atoms with Crippen LogP contribution in [0.5, 0.6) is 11.5 Å². The zero-order valence-electron chi connectivity index (χ0n) is 15.7. The molecule has 0 saturated carbocycles. The van der Waals surface area contributed by atoms with Gasteiger partial charge in [-0.05, 0) is 43.9 Å². The third-order valence-electron chi connectivity index (χ3n) is 4.50. The van der Waals surface area contributed by atoms with Crippen molar-refractivity contribution in [2.75, 3.05) is 27.4 Å². The monoisotopic (exact) mass is 372 g/mol. The lowest BCUT2D eigenvalue weighted by Crippen LogP contribution is -2.43. The molecule has 1 aliphatic rings. The molecule has 144 valence electrons. The highest BCUT2D eigenvalue weighted by Crippen LogP contribution is 2.32. The van der Waals surface area contributed by atoms with Crippen LogP contribution in [0, 0.1) is 0 Å². The van der Waals surface area contributed by atoms with Crippen molar-refractivity contribution in [1.82, 2.24) is 20.1 Å². The van der Waals surface area contributed by atoms with Crippen molar-refractivity contribution < 1.29 is 19.1 Å². The van der Waals surface area contributed by atoms with Gasteiger partial charge < -0.3 is 24.7 Å². The van der Waals surface area contributed by atoms with Gasteiger partial charge in [-0.1, -0.05) is 6.07 Å². The number of benzene rings is 1. The molecule has 0 spiro atoms. The molecule has 8 nitrogen and oxygen atoms in total. The van der Waals surface area contributed by atoms with Crippen molar-refractivity contribution in [2.45, 2.75) is 12.6 Å². The van der Waals surface area contributed by atoms with E-state index >= 15 is 0 Å². The number of rotatable bonds is 6. The zero-order chi connectivity index (χ0) is 19.4. The van der Waals surface area contributed by atoms with Gasteiger partial charge in [0, 0.05) is 32.0 Å². The number of hydrogen-bond donors (Lipinski definition) is 2. The summed E-state index contributed by atoms with van der Waals surface area (Å²) in [5.74, 6) is -0.00493. The highest BCUT2D eigenvalue weighted by atomic mass is 16.7. The smallest absolute Gasteiger partial charge is 0.309 e. The van der Waals surface area contributed by atoms with Gasteiger partial charge in [-0.3, -0.25) is 14.5 Å². The summed E-state index contributed by atoms with van der Waals surface area (Å²) in [5.41, 5.74) is 1.89. The van der Waals surface area contributed by atoms with Gasteiger partial charge in [-0.15, -0.1) is 0 Å². The van der Waals surface area contributed by atoms with Gasteiger partial charge in [0.2, 0.25) is 6.79 Å². The van der Waals surface area contributed by atoms with Gasteiger partial charge in [0.1, 0.15) is 0 Å². The van der Waals surface area contributed by atoms with E-state index in [9.17, 15) is 9.59 Å². The molecule has 2 heterocycles. The van der Waals surface area contributed by atoms with E-state index in [2.05, 4.69) is 10.6 Å². The Morgan fingerprint density at radius 2 is 1.89 bits per heavy atom. The molecule has 8 heteroatoms. The maximum Gasteiger partial charge on any atom is 0.309 e. The fraction of sp³-hybridized carbons (Fsp3) is 0.368. The van der Waals surface area contributed by atoms with Crippen molar-refractivity contribution in [2.24, 2.45) is 7.05 Å². The number of aromatic nitrogens is 1. The van der Waals surface area contributed by atoms with Gasteiger partial charge in [-0.25, -0.2) is 0 Å². The minimum absolute atomic E-state index is 0.0318. The van der Waals surface area contributed by atoms with Crippen LogP contribution in [-0.4, -0.2) is 48.7 Å². The number of likely N-dealkylation sites (N-methyl/N-ethyl adjacent to an activating group) is 1. The summed E-state index contributed by atoms with van der Waals surface area (Å²) in [6, 6.07) is 9.31. The summed E-state index contributed by atoms with van der Waals surface area (Å²) < 4.78 is 12.6. The molecule has 3 rings (SSSR count). The second-order valence-electron chi connectivity index (χ2n) is 6.60. The normalized spacial score (nSPS) is 13.5. The molecule has 0 fully saturated rings. The van der Waals surface area contributed by atoms with E-state index in [0.717, 1.165) is 11.3 Å². The number of aryl methyl sites for hydroxylation is 1. The Kier molecular flexibility index (Phi) is 5.66. The predicted molar refractivity (Wildman–Crippen MR) is 99.3 cm³/mol. The Labute approximate surface area is 158 Å². The molecular weight excluding hydrogens is 348 g/mol. The third kappa shape index (κ3) is 4.40. The van der Waals surface area contributed by atoms with Crippen LogP contribution >= 0.6 is 0 Å². The Balaban J connectivity index is 1.51. The first-order valence-electron chi connectivity index (χ1n) is 8.68. The second kappa shape index (κ2) is 8.13. The van der Waals surface area contributed by atoms with E-state index in [1.165, 1.54) is 0 Å². The standard InChI is InChI=1S/C19H24N4O4/c1-22(2)15(14-5-4-8-23(14)3)11-21-19(25)18(24)20-10-13-6-7-16-17(9-13)27-12-26-16/h4-9,15H,10-12H2,1-3H3,(H,20,24)(H,21,25)/t15-/m0/s1. The lowest BCUT2D eigenvalue weighted by molar-refractivity contribution is -0.139. The van der Waals surface area contributed by atoms with Crippen molar-refractivity contribution in [3.8, 4) is 11.5 Å². The first kappa shape index (κ1) is 18.8. The van der Waals surface area contributed by atoms with Gasteiger partial charge >= 0.3 is 11.8 Å². The van der Waals surface area contributed by atoms with Crippen LogP contribution in [0.25, 0.3) is 0 Å². The molecule has 1 aliphatic heterocycles. The fourth-order valence-electron chi connectivity index (χ4n) is 2.96. The molecule has 0 unspecified atom stereocenters. The minimum Gasteiger partial charge on any atom is -0.454 e. The number of nitrogens with one attached hydrogen (secondary N) is 2. The zero-order valence-corrected chi connectivity index (χ0v) is 15.7. The predicted octanol–water partition coefficient (Wildman–Crippen LogP) is 0.789. The van der Waals surface area contributed by atoms with Gasteiger partial charge in [0.25, 0.3) is 0 Å². The van der Waals surface area contributed by atoms with E-state index in [4.69, 9.17) is 9.47 Å². The number of ether oxygens (including phenoxy) is 2. The molecule has 1 aromatic heterocycles. The average Bonchev–Trinajstić information content (AvgIpc) is 3.28. The van der Waals surface area contributed by atoms with Crippen LogP contribution in [0.3, 0.4) is 0 Å². The summed E-state index contributed by atoms with van der Waals surface area (Å²) in [5, 5.41) is 5.33. The molecule has 0 radical (unpaired) electrons. The Bertz CT molecular complexity index is 831. The molecule has 2 amide bonds. The molecule has 1 aromatic carbocycles. The van der Waals surface area contributed by atoms with Gasteiger partial charge in [0.05, 0.1) is 6.04 Å². The highest BCUT2D eigenvalue weighted by Gasteiger charge is 2.20. The Hall–Kier alpha value is -3.00. The van der Waals surface area contributed by atoms with Crippen LogP contribution in [-0.2, 0) is 23.2 Å². The van der Waals surface area contributed by atoms with Gasteiger partial charge in [-0.2, -0.15) is 0 Å². The topological polar surface area (TPSA) is 84.8 Å². The van der Waals surface area contributed by atoms with Gasteiger partial charge in [0.15, 0.2) is 11.5 Å². The number of amides is 2. The highest BCUT2D eigenvalue weighted by molar-refractivity contribution is 6.35. The number of nitrogens with zero attached hydrogens (tertiary/aromatic N) is 2. The number of fused-ring (bicyclic) bond motifs is 1. The lowest BCUT2D eigenvalue weighted by atomic mass is 10.2. The molecular formula is C19H24N4O4. The summed E-state index contributed by atoms with van der Waals surface area (Å²) >= 11 is 0.